The molecular formula is C21H27N3. The van der Waals surface area contributed by atoms with E-state index in [1.165, 1.54) is 16.7 Å². The number of hydrogen-bond donors (Lipinski definition) is 2. The molecule has 24 heavy (non-hydrogen) atoms. The Kier molecular flexibility index (Phi) is 5.21. The Hall–Kier alpha value is -2.26. The van der Waals surface area contributed by atoms with Crippen molar-refractivity contribution in [1.82, 2.24) is 4.90 Å². The van der Waals surface area contributed by atoms with E-state index in [1.807, 2.05) is 12.1 Å². The molecule has 1 atom stereocenters. The molecule has 0 saturated heterocycles. The SMILES string of the molecule is CC(C)=CCN1Cc2cccc(N)c2NCC1Cc1ccccc1. The van der Waals surface area contributed by atoms with Crippen molar-refractivity contribution in [2.75, 3.05) is 24.1 Å². The third kappa shape index (κ3) is 3.98. The van der Waals surface area contributed by atoms with Crippen LogP contribution in [0.25, 0.3) is 0 Å². The molecule has 3 N–H and O–H groups in total. The van der Waals surface area contributed by atoms with E-state index in [0.717, 1.165) is 37.4 Å². The first kappa shape index (κ1) is 16.6. The highest BCUT2D eigenvalue weighted by atomic mass is 15.2. The zero-order valence-electron chi connectivity index (χ0n) is 14.6. The quantitative estimate of drug-likeness (QED) is 0.659. The highest BCUT2D eigenvalue weighted by molar-refractivity contribution is 5.70. The van der Waals surface area contributed by atoms with Crippen LogP contribution in [0.1, 0.15) is 25.0 Å². The fourth-order valence-corrected chi connectivity index (χ4v) is 3.27. The van der Waals surface area contributed by atoms with E-state index < -0.39 is 0 Å². The smallest absolute Gasteiger partial charge is 0.0620 e. The molecule has 0 saturated carbocycles. The lowest BCUT2D eigenvalue weighted by Gasteiger charge is -2.29. The van der Waals surface area contributed by atoms with Gasteiger partial charge in [0.2, 0.25) is 0 Å². The number of anilines is 2. The van der Waals surface area contributed by atoms with Gasteiger partial charge in [0.25, 0.3) is 0 Å². The number of benzene rings is 2. The second-order valence-corrected chi connectivity index (χ2v) is 6.82. The fraction of sp³-hybridized carbons (Fsp3) is 0.333. The van der Waals surface area contributed by atoms with Crippen molar-refractivity contribution >= 4 is 11.4 Å². The standard InChI is InChI=1S/C21H27N3/c1-16(2)11-12-24-15-18-9-6-10-20(22)21(18)23-14-19(24)13-17-7-4-3-5-8-17/h3-11,19,23H,12-15,22H2,1-2H3. The molecule has 0 aliphatic carbocycles. The largest absolute Gasteiger partial charge is 0.397 e. The summed E-state index contributed by atoms with van der Waals surface area (Å²) < 4.78 is 0. The summed E-state index contributed by atoms with van der Waals surface area (Å²) in [6, 6.07) is 17.4. The first-order valence-electron chi connectivity index (χ1n) is 8.66. The van der Waals surface area contributed by atoms with Crippen LogP contribution >= 0.6 is 0 Å². The number of hydrogen-bond acceptors (Lipinski definition) is 3. The minimum atomic E-state index is 0.440. The van der Waals surface area contributed by atoms with Crippen molar-refractivity contribution in [3.63, 3.8) is 0 Å². The van der Waals surface area contributed by atoms with Crippen LogP contribution in [-0.2, 0) is 13.0 Å². The summed E-state index contributed by atoms with van der Waals surface area (Å²) in [7, 11) is 0. The molecule has 0 bridgehead atoms. The van der Waals surface area contributed by atoms with Crippen molar-refractivity contribution in [3.05, 3.63) is 71.3 Å². The van der Waals surface area contributed by atoms with E-state index >= 15 is 0 Å². The van der Waals surface area contributed by atoms with E-state index in [9.17, 15) is 0 Å². The summed E-state index contributed by atoms with van der Waals surface area (Å²) in [4.78, 5) is 2.55. The third-order valence-electron chi connectivity index (χ3n) is 4.64. The fourth-order valence-electron chi connectivity index (χ4n) is 3.27. The highest BCUT2D eigenvalue weighted by Crippen LogP contribution is 2.29. The lowest BCUT2D eigenvalue weighted by Crippen LogP contribution is -2.39. The number of allylic oxidation sites excluding steroid dienone is 1. The molecule has 1 heterocycles. The zero-order valence-corrected chi connectivity index (χ0v) is 14.6. The maximum absolute atomic E-state index is 6.18. The van der Waals surface area contributed by atoms with Crippen LogP contribution in [0.4, 0.5) is 11.4 Å². The molecule has 0 amide bonds. The van der Waals surface area contributed by atoms with Crippen molar-refractivity contribution in [2.24, 2.45) is 0 Å². The van der Waals surface area contributed by atoms with Gasteiger partial charge in [0.05, 0.1) is 11.4 Å². The molecule has 0 fully saturated rings. The van der Waals surface area contributed by atoms with Gasteiger partial charge in [-0.05, 0) is 37.5 Å². The molecule has 2 aromatic rings. The number of nitrogens with one attached hydrogen (secondary N) is 1. The van der Waals surface area contributed by atoms with E-state index in [1.54, 1.807) is 0 Å². The Morgan fingerprint density at radius 1 is 1.17 bits per heavy atom. The van der Waals surface area contributed by atoms with Gasteiger partial charge in [0, 0.05) is 25.7 Å². The van der Waals surface area contributed by atoms with Crippen molar-refractivity contribution < 1.29 is 0 Å². The van der Waals surface area contributed by atoms with Crippen LogP contribution in [0, 0.1) is 0 Å². The molecule has 3 heteroatoms. The summed E-state index contributed by atoms with van der Waals surface area (Å²) in [5.41, 5.74) is 12.2. The van der Waals surface area contributed by atoms with E-state index in [4.69, 9.17) is 5.73 Å². The van der Waals surface area contributed by atoms with Gasteiger partial charge in [-0.25, -0.2) is 0 Å². The molecule has 1 unspecified atom stereocenters. The first-order valence-corrected chi connectivity index (χ1v) is 8.66. The Labute approximate surface area is 145 Å². The summed E-state index contributed by atoms with van der Waals surface area (Å²) in [6.07, 6.45) is 3.35. The van der Waals surface area contributed by atoms with Gasteiger partial charge in [-0.1, -0.05) is 54.1 Å². The van der Waals surface area contributed by atoms with Gasteiger partial charge < -0.3 is 11.1 Å². The minimum absolute atomic E-state index is 0.440. The minimum Gasteiger partial charge on any atom is -0.397 e. The monoisotopic (exact) mass is 321 g/mol. The molecule has 0 aromatic heterocycles. The Morgan fingerprint density at radius 3 is 2.71 bits per heavy atom. The Balaban J connectivity index is 1.86. The predicted molar refractivity (Wildman–Crippen MR) is 103 cm³/mol. The lowest BCUT2D eigenvalue weighted by molar-refractivity contribution is 0.220. The number of nitrogen functional groups attached to an aromatic ring is 1. The number of fused-ring (bicyclic) bond motifs is 1. The maximum Gasteiger partial charge on any atom is 0.0620 e. The number of rotatable bonds is 4. The van der Waals surface area contributed by atoms with Gasteiger partial charge in [0.15, 0.2) is 0 Å². The lowest BCUT2D eigenvalue weighted by atomic mass is 10.0. The van der Waals surface area contributed by atoms with Gasteiger partial charge in [-0.3, -0.25) is 4.90 Å². The Morgan fingerprint density at radius 2 is 1.96 bits per heavy atom. The molecule has 3 nitrogen and oxygen atoms in total. The predicted octanol–water partition coefficient (Wildman–Crippen LogP) is 4.07. The van der Waals surface area contributed by atoms with Gasteiger partial charge in [-0.2, -0.15) is 0 Å². The van der Waals surface area contributed by atoms with Crippen LogP contribution in [0.5, 0.6) is 0 Å². The highest BCUT2D eigenvalue weighted by Gasteiger charge is 2.24. The van der Waals surface area contributed by atoms with Crippen LogP contribution in [0.3, 0.4) is 0 Å². The van der Waals surface area contributed by atoms with Gasteiger partial charge >= 0.3 is 0 Å². The van der Waals surface area contributed by atoms with E-state index in [2.05, 4.69) is 66.5 Å². The molecule has 126 valence electrons. The van der Waals surface area contributed by atoms with Crippen LogP contribution in [0.2, 0.25) is 0 Å². The second kappa shape index (κ2) is 7.54. The average Bonchev–Trinajstić information content (AvgIpc) is 2.74. The molecule has 3 rings (SSSR count). The Bertz CT molecular complexity index is 702. The normalized spacial score (nSPS) is 17.5. The van der Waals surface area contributed by atoms with Gasteiger partial charge in [0.1, 0.15) is 0 Å². The van der Waals surface area contributed by atoms with Crippen LogP contribution < -0.4 is 11.1 Å². The number of para-hydroxylation sites is 1. The summed E-state index contributed by atoms with van der Waals surface area (Å²) >= 11 is 0. The second-order valence-electron chi connectivity index (χ2n) is 6.82. The van der Waals surface area contributed by atoms with E-state index in [-0.39, 0.29) is 0 Å². The maximum atomic E-state index is 6.18. The number of nitrogens with two attached hydrogens (primary N) is 1. The number of nitrogens with zero attached hydrogens (tertiary/aromatic N) is 1. The molecule has 1 aliphatic heterocycles. The zero-order chi connectivity index (χ0) is 16.9. The molecule has 0 radical (unpaired) electrons. The first-order chi connectivity index (χ1) is 11.6. The van der Waals surface area contributed by atoms with Crippen molar-refractivity contribution in [1.29, 1.82) is 0 Å². The van der Waals surface area contributed by atoms with E-state index in [0.29, 0.717) is 6.04 Å². The topological polar surface area (TPSA) is 41.3 Å². The molecular weight excluding hydrogens is 294 g/mol. The van der Waals surface area contributed by atoms with Crippen LogP contribution in [-0.4, -0.2) is 24.0 Å². The average molecular weight is 321 g/mol. The molecule has 0 spiro atoms. The summed E-state index contributed by atoms with van der Waals surface area (Å²) in [5, 5.41) is 3.59. The third-order valence-corrected chi connectivity index (χ3v) is 4.64. The summed E-state index contributed by atoms with van der Waals surface area (Å²) in [5.74, 6) is 0. The van der Waals surface area contributed by atoms with Crippen molar-refractivity contribution in [3.8, 4) is 0 Å². The molecule has 1 aliphatic rings. The summed E-state index contributed by atoms with van der Waals surface area (Å²) in [6.45, 7) is 7.12. The van der Waals surface area contributed by atoms with Crippen molar-refractivity contribution in [2.45, 2.75) is 32.9 Å². The molecule has 2 aromatic carbocycles. The van der Waals surface area contributed by atoms with Gasteiger partial charge in [-0.15, -0.1) is 0 Å². The van der Waals surface area contributed by atoms with Crippen LogP contribution in [0.15, 0.2) is 60.2 Å².